The fourth-order valence-corrected chi connectivity index (χ4v) is 2.27. The Kier molecular flexibility index (Phi) is 3.65. The quantitative estimate of drug-likeness (QED) is 0.723. The van der Waals surface area contributed by atoms with Crippen LogP contribution in [-0.4, -0.2) is 29.4 Å². The molecule has 2 aromatic carbocycles. The van der Waals surface area contributed by atoms with Gasteiger partial charge in [-0.25, -0.2) is 4.98 Å². The number of H-pyrrole nitrogens is 1. The van der Waals surface area contributed by atoms with Crippen molar-refractivity contribution in [3.05, 3.63) is 42.5 Å². The molecule has 0 saturated heterocycles. The van der Waals surface area contributed by atoms with Gasteiger partial charge in [-0.1, -0.05) is 18.2 Å². The number of aromatic nitrogens is 3. The van der Waals surface area contributed by atoms with Crippen LogP contribution in [0.15, 0.2) is 42.5 Å². The molecule has 0 atom stereocenters. The zero-order chi connectivity index (χ0) is 15.5. The summed E-state index contributed by atoms with van der Waals surface area (Å²) in [7, 11) is 3.21. The van der Waals surface area contributed by atoms with Crippen LogP contribution in [0, 0.1) is 0 Å². The minimum absolute atomic E-state index is 0.565. The molecule has 3 rings (SSSR count). The number of hydrogen-bond donors (Lipinski definition) is 2. The number of nitrogens with one attached hydrogen (secondary N) is 1. The van der Waals surface area contributed by atoms with E-state index in [1.165, 1.54) is 0 Å². The second-order valence-corrected chi connectivity index (χ2v) is 4.67. The highest BCUT2D eigenvalue weighted by Crippen LogP contribution is 2.36. The molecule has 0 fully saturated rings. The van der Waals surface area contributed by atoms with Gasteiger partial charge in [-0.3, -0.25) is 5.10 Å². The summed E-state index contributed by atoms with van der Waals surface area (Å²) in [6.45, 7) is 0. The predicted molar refractivity (Wildman–Crippen MR) is 84.8 cm³/mol. The Morgan fingerprint density at radius 2 is 1.68 bits per heavy atom. The zero-order valence-electron chi connectivity index (χ0n) is 12.3. The largest absolute Gasteiger partial charge is 0.496 e. The first kappa shape index (κ1) is 13.9. The van der Waals surface area contributed by atoms with E-state index in [1.54, 1.807) is 14.2 Å². The maximum Gasteiger partial charge on any atom is 0.181 e. The number of nitrogen functional groups attached to an aromatic ring is 1. The number of nitrogens with zero attached hydrogens (tertiary/aromatic N) is 2. The normalized spacial score (nSPS) is 10.5. The van der Waals surface area contributed by atoms with Crippen LogP contribution in [0.2, 0.25) is 0 Å². The van der Waals surface area contributed by atoms with Crippen LogP contribution in [0.1, 0.15) is 0 Å². The summed E-state index contributed by atoms with van der Waals surface area (Å²) in [5.41, 5.74) is 8.04. The molecule has 6 heteroatoms. The van der Waals surface area contributed by atoms with Crippen LogP contribution < -0.4 is 15.2 Å². The third-order valence-electron chi connectivity index (χ3n) is 3.29. The first-order valence-electron chi connectivity index (χ1n) is 6.72. The second kappa shape index (κ2) is 5.77. The van der Waals surface area contributed by atoms with E-state index >= 15 is 0 Å². The van der Waals surface area contributed by atoms with Crippen molar-refractivity contribution in [1.82, 2.24) is 15.2 Å². The van der Waals surface area contributed by atoms with Gasteiger partial charge >= 0.3 is 0 Å². The lowest BCUT2D eigenvalue weighted by atomic mass is 10.1. The van der Waals surface area contributed by atoms with Crippen LogP contribution in [0.25, 0.3) is 22.8 Å². The number of hydrogen-bond acceptors (Lipinski definition) is 5. The van der Waals surface area contributed by atoms with Crippen molar-refractivity contribution in [2.75, 3.05) is 20.0 Å². The molecule has 0 aliphatic heterocycles. The number of anilines is 1. The molecule has 0 unspecified atom stereocenters. The minimum atomic E-state index is 0.565. The zero-order valence-corrected chi connectivity index (χ0v) is 12.3. The summed E-state index contributed by atoms with van der Waals surface area (Å²) in [5.74, 6) is 2.46. The van der Waals surface area contributed by atoms with Gasteiger partial charge in [0.2, 0.25) is 0 Å². The molecule has 0 bridgehead atoms. The lowest BCUT2D eigenvalue weighted by Crippen LogP contribution is -1.94. The fourth-order valence-electron chi connectivity index (χ4n) is 2.27. The molecule has 0 spiro atoms. The molecule has 0 saturated carbocycles. The van der Waals surface area contributed by atoms with Gasteiger partial charge < -0.3 is 15.2 Å². The third kappa shape index (κ3) is 2.46. The van der Waals surface area contributed by atoms with Crippen molar-refractivity contribution in [2.45, 2.75) is 0 Å². The Balaban J connectivity index is 2.08. The van der Waals surface area contributed by atoms with Gasteiger partial charge in [0.25, 0.3) is 0 Å². The Morgan fingerprint density at radius 1 is 1.00 bits per heavy atom. The Morgan fingerprint density at radius 3 is 2.32 bits per heavy atom. The van der Waals surface area contributed by atoms with Gasteiger partial charge in [0.15, 0.2) is 11.6 Å². The molecule has 3 N–H and O–H groups in total. The molecule has 112 valence electrons. The molecule has 0 aliphatic carbocycles. The average molecular weight is 296 g/mol. The van der Waals surface area contributed by atoms with Crippen LogP contribution in [0.4, 0.5) is 5.69 Å². The van der Waals surface area contributed by atoms with E-state index in [4.69, 9.17) is 15.2 Å². The molecule has 1 heterocycles. The van der Waals surface area contributed by atoms with E-state index in [1.807, 2.05) is 42.5 Å². The van der Waals surface area contributed by atoms with Crippen molar-refractivity contribution >= 4 is 5.69 Å². The van der Waals surface area contributed by atoms with Gasteiger partial charge in [0.1, 0.15) is 17.1 Å². The Labute approximate surface area is 127 Å². The summed E-state index contributed by atoms with van der Waals surface area (Å²) in [6.07, 6.45) is 0. The van der Waals surface area contributed by atoms with Gasteiger partial charge in [-0.05, 0) is 24.3 Å². The van der Waals surface area contributed by atoms with E-state index in [0.717, 1.165) is 11.1 Å². The van der Waals surface area contributed by atoms with Crippen LogP contribution in [-0.2, 0) is 0 Å². The molecule has 0 radical (unpaired) electrons. The highest BCUT2D eigenvalue weighted by atomic mass is 16.5. The maximum absolute atomic E-state index is 5.80. The topological polar surface area (TPSA) is 86.1 Å². The van der Waals surface area contributed by atoms with E-state index in [9.17, 15) is 0 Å². The Hall–Kier alpha value is -3.02. The summed E-state index contributed by atoms with van der Waals surface area (Å²) in [5, 5.41) is 7.18. The lowest BCUT2D eigenvalue weighted by molar-refractivity contribution is 0.397. The van der Waals surface area contributed by atoms with E-state index in [2.05, 4.69) is 15.2 Å². The number of ether oxygens (including phenoxy) is 2. The van der Waals surface area contributed by atoms with E-state index in [-0.39, 0.29) is 0 Å². The SMILES string of the molecule is COc1cccc(OC)c1-c1nc(-c2cccc(N)c2)n[nH]1. The summed E-state index contributed by atoms with van der Waals surface area (Å²) in [6, 6.07) is 13.0. The van der Waals surface area contributed by atoms with Crippen LogP contribution in [0.3, 0.4) is 0 Å². The van der Waals surface area contributed by atoms with Gasteiger partial charge in [-0.15, -0.1) is 0 Å². The molecule has 1 aromatic heterocycles. The Bertz CT molecular complexity index is 776. The monoisotopic (exact) mass is 296 g/mol. The molecule has 0 amide bonds. The van der Waals surface area contributed by atoms with Gasteiger partial charge in [0, 0.05) is 11.3 Å². The van der Waals surface area contributed by atoms with Crippen molar-refractivity contribution in [1.29, 1.82) is 0 Å². The fraction of sp³-hybridized carbons (Fsp3) is 0.125. The van der Waals surface area contributed by atoms with Crippen molar-refractivity contribution in [3.8, 4) is 34.3 Å². The first-order valence-corrected chi connectivity index (χ1v) is 6.72. The number of aromatic amines is 1. The van der Waals surface area contributed by atoms with Crippen molar-refractivity contribution in [3.63, 3.8) is 0 Å². The number of nitrogens with two attached hydrogens (primary N) is 1. The van der Waals surface area contributed by atoms with Gasteiger partial charge in [0.05, 0.1) is 14.2 Å². The highest BCUT2D eigenvalue weighted by molar-refractivity contribution is 5.73. The van der Waals surface area contributed by atoms with Crippen LogP contribution in [0.5, 0.6) is 11.5 Å². The highest BCUT2D eigenvalue weighted by Gasteiger charge is 2.17. The molecule has 6 nitrogen and oxygen atoms in total. The van der Waals surface area contributed by atoms with Crippen molar-refractivity contribution < 1.29 is 9.47 Å². The predicted octanol–water partition coefficient (Wildman–Crippen LogP) is 2.74. The molecular weight excluding hydrogens is 280 g/mol. The average Bonchev–Trinajstić information content (AvgIpc) is 3.03. The number of methoxy groups -OCH3 is 2. The van der Waals surface area contributed by atoms with Crippen molar-refractivity contribution in [2.24, 2.45) is 0 Å². The molecule has 22 heavy (non-hydrogen) atoms. The van der Waals surface area contributed by atoms with E-state index < -0.39 is 0 Å². The van der Waals surface area contributed by atoms with Gasteiger partial charge in [-0.2, -0.15) is 5.10 Å². The van der Waals surface area contributed by atoms with Crippen LogP contribution >= 0.6 is 0 Å². The third-order valence-corrected chi connectivity index (χ3v) is 3.29. The number of benzene rings is 2. The standard InChI is InChI=1S/C16H16N4O2/c1-21-12-7-4-8-13(22-2)14(12)16-18-15(19-20-16)10-5-3-6-11(17)9-10/h3-9H,17H2,1-2H3,(H,18,19,20). The smallest absolute Gasteiger partial charge is 0.181 e. The maximum atomic E-state index is 5.80. The van der Waals surface area contributed by atoms with E-state index in [0.29, 0.717) is 28.8 Å². The minimum Gasteiger partial charge on any atom is -0.496 e. The molecular formula is C16H16N4O2. The molecule has 3 aromatic rings. The number of rotatable bonds is 4. The second-order valence-electron chi connectivity index (χ2n) is 4.67. The summed E-state index contributed by atoms with van der Waals surface area (Å²) >= 11 is 0. The first-order chi connectivity index (χ1) is 10.7. The summed E-state index contributed by atoms with van der Waals surface area (Å²) in [4.78, 5) is 4.53. The summed E-state index contributed by atoms with van der Waals surface area (Å²) < 4.78 is 10.8. The molecule has 0 aliphatic rings. The lowest BCUT2D eigenvalue weighted by Gasteiger charge is -2.10.